The maximum atomic E-state index is 9.92. The van der Waals surface area contributed by atoms with Crippen LogP contribution >= 0.6 is 0 Å². The molecule has 2 amide bonds. The molecule has 0 atom stereocenters. The Labute approximate surface area is 90.5 Å². The van der Waals surface area contributed by atoms with Crippen molar-refractivity contribution in [1.82, 2.24) is 0 Å². The van der Waals surface area contributed by atoms with Gasteiger partial charge >= 0.3 is 11.9 Å². The maximum absolute atomic E-state index is 9.92. The molecule has 16 heavy (non-hydrogen) atoms. The number of amides is 2. The first-order valence-electron chi connectivity index (χ1n) is 3.96. The van der Waals surface area contributed by atoms with Gasteiger partial charge in [0.15, 0.2) is 0 Å². The lowest BCUT2D eigenvalue weighted by Crippen LogP contribution is -2.16. The zero-order valence-electron chi connectivity index (χ0n) is 8.25. The average Bonchev–Trinajstić information content (AvgIpc) is 2.12. The van der Waals surface area contributed by atoms with Crippen LogP contribution in [0, 0.1) is 0 Å². The first kappa shape index (κ1) is 16.1. The van der Waals surface area contributed by atoms with E-state index in [4.69, 9.17) is 21.7 Å². The van der Waals surface area contributed by atoms with Crippen molar-refractivity contribution in [2.45, 2.75) is 12.8 Å². The lowest BCUT2D eigenvalue weighted by atomic mass is 10.3. The Balaban J connectivity index is 0. The fourth-order valence-electron chi connectivity index (χ4n) is 0.389. The van der Waals surface area contributed by atoms with Crippen LogP contribution in [0.5, 0.6) is 0 Å². The molecule has 0 aliphatic carbocycles. The minimum Gasteiger partial charge on any atom is -0.478 e. The van der Waals surface area contributed by atoms with Crippen LogP contribution in [0.4, 0.5) is 0 Å². The third kappa shape index (κ3) is 22.6. The first-order valence-corrected chi connectivity index (χ1v) is 3.96. The topological polar surface area (TPSA) is 161 Å². The molecule has 0 aromatic rings. The summed E-state index contributed by atoms with van der Waals surface area (Å²) < 4.78 is 0. The van der Waals surface area contributed by atoms with Crippen LogP contribution in [0.1, 0.15) is 12.8 Å². The highest BCUT2D eigenvalue weighted by Gasteiger charge is 1.96. The van der Waals surface area contributed by atoms with Gasteiger partial charge in [-0.05, 0) is 0 Å². The van der Waals surface area contributed by atoms with Gasteiger partial charge in [0.1, 0.15) is 0 Å². The van der Waals surface area contributed by atoms with Crippen LogP contribution in [0.15, 0.2) is 12.2 Å². The van der Waals surface area contributed by atoms with E-state index in [0.717, 1.165) is 0 Å². The number of rotatable bonds is 5. The Kier molecular flexibility index (Phi) is 9.22. The van der Waals surface area contributed by atoms with E-state index in [-0.39, 0.29) is 12.8 Å². The summed E-state index contributed by atoms with van der Waals surface area (Å²) in [4.78, 5) is 38.9. The molecule has 0 aliphatic heterocycles. The lowest BCUT2D eigenvalue weighted by Gasteiger charge is -1.87. The molecule has 0 fully saturated rings. The van der Waals surface area contributed by atoms with E-state index in [2.05, 4.69) is 0 Å². The molecule has 0 rings (SSSR count). The van der Waals surface area contributed by atoms with E-state index in [1.807, 2.05) is 0 Å². The summed E-state index contributed by atoms with van der Waals surface area (Å²) in [6.07, 6.45) is 1.22. The minimum atomic E-state index is -1.26. The van der Waals surface area contributed by atoms with Crippen LogP contribution in [0.25, 0.3) is 0 Å². The molecule has 0 aliphatic rings. The van der Waals surface area contributed by atoms with Crippen LogP contribution in [-0.4, -0.2) is 34.0 Å². The van der Waals surface area contributed by atoms with Gasteiger partial charge in [0.2, 0.25) is 11.8 Å². The van der Waals surface area contributed by atoms with Crippen molar-refractivity contribution in [3.8, 4) is 0 Å². The van der Waals surface area contributed by atoms with Gasteiger partial charge < -0.3 is 21.7 Å². The molecule has 0 heterocycles. The summed E-state index contributed by atoms with van der Waals surface area (Å²) in [7, 11) is 0. The van der Waals surface area contributed by atoms with Gasteiger partial charge in [0.05, 0.1) is 0 Å². The van der Waals surface area contributed by atoms with Crippen molar-refractivity contribution < 1.29 is 29.4 Å². The molecule has 6 N–H and O–H groups in total. The number of hydrogen-bond donors (Lipinski definition) is 4. The quantitative estimate of drug-likeness (QED) is 0.419. The Morgan fingerprint density at radius 2 is 1.06 bits per heavy atom. The second kappa shape index (κ2) is 9.19. The molecule has 0 aromatic carbocycles. The lowest BCUT2D eigenvalue weighted by molar-refractivity contribution is -0.134. The highest BCUT2D eigenvalue weighted by molar-refractivity contribution is 5.89. The number of hydrogen-bond acceptors (Lipinski definition) is 4. The van der Waals surface area contributed by atoms with Crippen LogP contribution < -0.4 is 11.5 Å². The van der Waals surface area contributed by atoms with E-state index in [1.54, 1.807) is 0 Å². The van der Waals surface area contributed by atoms with Crippen LogP contribution in [0.3, 0.4) is 0 Å². The van der Waals surface area contributed by atoms with Gasteiger partial charge in [-0.1, -0.05) is 0 Å². The fourth-order valence-corrected chi connectivity index (χ4v) is 0.389. The Hall–Kier alpha value is -2.38. The number of primary amides is 2. The molecular formula is C8H12N2O6. The number of carboxylic acid groups (broad SMARTS) is 2. The zero-order valence-corrected chi connectivity index (χ0v) is 8.25. The van der Waals surface area contributed by atoms with Crippen molar-refractivity contribution >= 4 is 23.8 Å². The van der Waals surface area contributed by atoms with Gasteiger partial charge in [-0.25, -0.2) is 9.59 Å². The summed E-state index contributed by atoms with van der Waals surface area (Å²) in [6, 6.07) is 0. The minimum absolute atomic E-state index is 0.0509. The fraction of sp³-hybridized carbons (Fsp3) is 0.250. The summed E-state index contributed by atoms with van der Waals surface area (Å²) in [5.74, 6) is -3.51. The zero-order chi connectivity index (χ0) is 13.1. The maximum Gasteiger partial charge on any atom is 0.328 e. The van der Waals surface area contributed by atoms with Crippen molar-refractivity contribution in [3.63, 3.8) is 0 Å². The normalized spacial score (nSPS) is 9.00. The SMILES string of the molecule is NC(=O)CCC(N)=O.O=C(O)/C=C\C(=O)O. The molecule has 8 heteroatoms. The van der Waals surface area contributed by atoms with Gasteiger partial charge in [-0.15, -0.1) is 0 Å². The molecule has 8 nitrogen and oxygen atoms in total. The Morgan fingerprint density at radius 3 is 1.19 bits per heavy atom. The monoisotopic (exact) mass is 232 g/mol. The summed E-state index contributed by atoms with van der Waals surface area (Å²) in [6.45, 7) is 0. The van der Waals surface area contributed by atoms with E-state index in [0.29, 0.717) is 12.2 Å². The largest absolute Gasteiger partial charge is 0.478 e. The van der Waals surface area contributed by atoms with Crippen LogP contribution in [0.2, 0.25) is 0 Å². The number of nitrogens with two attached hydrogens (primary N) is 2. The number of carbonyl (C=O) groups is 4. The summed E-state index contributed by atoms with van der Waals surface area (Å²) in [5.41, 5.74) is 9.39. The standard InChI is InChI=1S/C4H8N2O2.C4H4O4/c5-3(7)1-2-4(6)8;5-3(6)1-2-4(7)8/h1-2H2,(H2,5,7)(H2,6,8);1-2H,(H,5,6)(H,7,8)/b;2-1-. The molecule has 0 aromatic heterocycles. The summed E-state index contributed by atoms with van der Waals surface area (Å²) >= 11 is 0. The van der Waals surface area contributed by atoms with E-state index >= 15 is 0 Å². The average molecular weight is 232 g/mol. The van der Waals surface area contributed by atoms with Gasteiger partial charge in [-0.3, -0.25) is 9.59 Å². The molecule has 0 radical (unpaired) electrons. The molecule has 0 saturated carbocycles. The van der Waals surface area contributed by atoms with Gasteiger partial charge in [0, 0.05) is 25.0 Å². The Bertz CT molecular complexity index is 280. The van der Waals surface area contributed by atoms with Crippen LogP contribution in [-0.2, 0) is 19.2 Å². The molecule has 0 saturated heterocycles. The smallest absolute Gasteiger partial charge is 0.328 e. The number of carbonyl (C=O) groups excluding carboxylic acids is 2. The van der Waals surface area contributed by atoms with E-state index in [9.17, 15) is 19.2 Å². The van der Waals surface area contributed by atoms with Gasteiger partial charge in [-0.2, -0.15) is 0 Å². The van der Waals surface area contributed by atoms with Crippen molar-refractivity contribution in [1.29, 1.82) is 0 Å². The molecule has 90 valence electrons. The Morgan fingerprint density at radius 1 is 0.812 bits per heavy atom. The third-order valence-electron chi connectivity index (χ3n) is 0.986. The van der Waals surface area contributed by atoms with Crippen molar-refractivity contribution in [2.24, 2.45) is 11.5 Å². The van der Waals surface area contributed by atoms with Crippen molar-refractivity contribution in [2.75, 3.05) is 0 Å². The highest BCUT2D eigenvalue weighted by Crippen LogP contribution is 1.82. The molecule has 0 spiro atoms. The highest BCUT2D eigenvalue weighted by atomic mass is 16.4. The third-order valence-corrected chi connectivity index (χ3v) is 0.986. The second-order valence-electron chi connectivity index (χ2n) is 2.44. The predicted octanol–water partition coefficient (Wildman–Crippen LogP) is -1.55. The first-order chi connectivity index (χ1) is 7.25. The van der Waals surface area contributed by atoms with E-state index < -0.39 is 23.8 Å². The molecule has 0 bridgehead atoms. The van der Waals surface area contributed by atoms with Crippen molar-refractivity contribution in [3.05, 3.63) is 12.2 Å². The molecular weight excluding hydrogens is 220 g/mol. The molecule has 0 unspecified atom stereocenters. The predicted molar refractivity (Wildman–Crippen MR) is 52.0 cm³/mol. The number of aliphatic carboxylic acids is 2. The van der Waals surface area contributed by atoms with E-state index in [1.165, 1.54) is 0 Å². The summed E-state index contributed by atoms with van der Waals surface area (Å²) in [5, 5.41) is 15.6. The number of carboxylic acids is 2. The second-order valence-corrected chi connectivity index (χ2v) is 2.44. The van der Waals surface area contributed by atoms with Gasteiger partial charge in [0.25, 0.3) is 0 Å².